The summed E-state index contributed by atoms with van der Waals surface area (Å²) in [5, 5.41) is 0. The van der Waals surface area contributed by atoms with Gasteiger partial charge in [0, 0.05) is 17.8 Å². The van der Waals surface area contributed by atoms with Gasteiger partial charge in [0.05, 0.1) is 18.7 Å². The van der Waals surface area contributed by atoms with E-state index < -0.39 is 11.7 Å². The van der Waals surface area contributed by atoms with E-state index in [1.165, 1.54) is 13.2 Å². The van der Waals surface area contributed by atoms with Crippen molar-refractivity contribution in [3.8, 4) is 5.75 Å². The normalized spacial score (nSPS) is 19.8. The maximum Gasteiger partial charge on any atom is 0.416 e. The number of ether oxygens (including phenoxy) is 1. The molecular weight excluding hydrogens is 307 g/mol. The quantitative estimate of drug-likeness (QED) is 0.926. The van der Waals surface area contributed by atoms with Gasteiger partial charge in [0.1, 0.15) is 11.6 Å². The van der Waals surface area contributed by atoms with Gasteiger partial charge in [-0.25, -0.2) is 4.99 Å². The average Bonchev–Trinajstić information content (AvgIpc) is 2.64. The maximum absolute atomic E-state index is 12.9. The van der Waals surface area contributed by atoms with Gasteiger partial charge in [0.2, 0.25) is 0 Å². The molecule has 126 valence electrons. The van der Waals surface area contributed by atoms with Crippen LogP contribution in [0.4, 0.5) is 13.2 Å². The Bertz CT molecular complexity index is 638. The van der Waals surface area contributed by atoms with Gasteiger partial charge in [-0.15, -0.1) is 0 Å². The molecule has 1 aromatic rings. The number of alkyl halides is 3. The molecule has 1 aromatic carbocycles. The van der Waals surface area contributed by atoms with Crippen LogP contribution in [-0.4, -0.2) is 31.3 Å². The van der Waals surface area contributed by atoms with Crippen molar-refractivity contribution in [2.45, 2.75) is 25.6 Å². The summed E-state index contributed by atoms with van der Waals surface area (Å²) in [6.07, 6.45) is -1.99. The number of nitrogens with two attached hydrogens (primary N) is 1. The Balaban J connectivity index is 2.53. The average molecular weight is 327 g/mol. The van der Waals surface area contributed by atoms with Crippen LogP contribution >= 0.6 is 0 Å². The first kappa shape index (κ1) is 17.3. The van der Waals surface area contributed by atoms with Gasteiger partial charge in [-0.2, -0.15) is 13.2 Å². The van der Waals surface area contributed by atoms with E-state index in [9.17, 15) is 13.2 Å². The lowest BCUT2D eigenvalue weighted by molar-refractivity contribution is -0.137. The summed E-state index contributed by atoms with van der Waals surface area (Å²) >= 11 is 0. The van der Waals surface area contributed by atoms with Crippen LogP contribution in [0.15, 0.2) is 35.1 Å². The molecule has 1 aliphatic heterocycles. The standard InChI is InChI=1S/C16H20F3N3O/c1-4-12-15(22(2)8-7-14(20)21-12)11-6-5-10(16(17,18)19)9-13(11)23-3/h5-7,9,15H,4,8,20H2,1-3H3. The maximum atomic E-state index is 12.9. The summed E-state index contributed by atoms with van der Waals surface area (Å²) in [6, 6.07) is 3.27. The topological polar surface area (TPSA) is 50.8 Å². The minimum atomic E-state index is -4.41. The van der Waals surface area contributed by atoms with Gasteiger partial charge in [0.15, 0.2) is 0 Å². The highest BCUT2D eigenvalue weighted by atomic mass is 19.4. The van der Waals surface area contributed by atoms with Crippen molar-refractivity contribution >= 4 is 5.71 Å². The van der Waals surface area contributed by atoms with Gasteiger partial charge in [-0.3, -0.25) is 4.90 Å². The van der Waals surface area contributed by atoms with Crippen LogP contribution in [0.25, 0.3) is 0 Å². The van der Waals surface area contributed by atoms with Crippen molar-refractivity contribution in [2.24, 2.45) is 10.7 Å². The molecule has 2 rings (SSSR count). The Morgan fingerprint density at radius 3 is 2.65 bits per heavy atom. The molecule has 0 saturated carbocycles. The molecule has 0 bridgehead atoms. The molecule has 1 unspecified atom stereocenters. The predicted octanol–water partition coefficient (Wildman–Crippen LogP) is 3.35. The molecule has 7 heteroatoms. The van der Waals surface area contributed by atoms with E-state index >= 15 is 0 Å². The highest BCUT2D eigenvalue weighted by molar-refractivity contribution is 5.92. The zero-order chi connectivity index (χ0) is 17.2. The summed E-state index contributed by atoms with van der Waals surface area (Å²) in [5.74, 6) is 0.611. The number of rotatable bonds is 3. The number of aliphatic imine (C=N–C) groups is 1. The zero-order valence-electron chi connectivity index (χ0n) is 13.3. The van der Waals surface area contributed by atoms with Crippen LogP contribution in [-0.2, 0) is 6.18 Å². The molecule has 0 aliphatic carbocycles. The van der Waals surface area contributed by atoms with Crippen LogP contribution in [0.1, 0.15) is 30.5 Å². The third-order valence-corrected chi connectivity index (χ3v) is 3.84. The highest BCUT2D eigenvalue weighted by Gasteiger charge is 2.33. The van der Waals surface area contributed by atoms with Crippen molar-refractivity contribution in [3.05, 3.63) is 41.2 Å². The molecule has 1 aliphatic rings. The van der Waals surface area contributed by atoms with E-state index in [0.717, 1.165) is 17.8 Å². The first-order chi connectivity index (χ1) is 10.8. The Morgan fingerprint density at radius 2 is 2.09 bits per heavy atom. The number of halogens is 3. The number of benzene rings is 1. The summed E-state index contributed by atoms with van der Waals surface area (Å²) < 4.78 is 43.9. The molecule has 0 aromatic heterocycles. The second-order valence-electron chi connectivity index (χ2n) is 5.38. The van der Waals surface area contributed by atoms with Crippen molar-refractivity contribution < 1.29 is 17.9 Å². The molecule has 1 heterocycles. The second-order valence-corrected chi connectivity index (χ2v) is 5.38. The van der Waals surface area contributed by atoms with E-state index in [4.69, 9.17) is 10.5 Å². The van der Waals surface area contributed by atoms with Crippen LogP contribution in [0.3, 0.4) is 0 Å². The van der Waals surface area contributed by atoms with Crippen LogP contribution in [0.2, 0.25) is 0 Å². The van der Waals surface area contributed by atoms with Crippen molar-refractivity contribution in [2.75, 3.05) is 20.7 Å². The molecule has 0 saturated heterocycles. The first-order valence-corrected chi connectivity index (χ1v) is 7.26. The minimum absolute atomic E-state index is 0.193. The minimum Gasteiger partial charge on any atom is -0.496 e. The highest BCUT2D eigenvalue weighted by Crippen LogP contribution is 2.37. The fourth-order valence-corrected chi connectivity index (χ4v) is 2.67. The smallest absolute Gasteiger partial charge is 0.416 e. The largest absolute Gasteiger partial charge is 0.496 e. The number of hydrogen-bond donors (Lipinski definition) is 1. The Morgan fingerprint density at radius 1 is 1.39 bits per heavy atom. The monoisotopic (exact) mass is 327 g/mol. The Hall–Kier alpha value is -2.02. The van der Waals surface area contributed by atoms with Gasteiger partial charge in [-0.05, 0) is 31.7 Å². The van der Waals surface area contributed by atoms with Gasteiger partial charge < -0.3 is 10.5 Å². The van der Waals surface area contributed by atoms with Gasteiger partial charge >= 0.3 is 6.18 Å². The first-order valence-electron chi connectivity index (χ1n) is 7.26. The summed E-state index contributed by atoms with van der Waals surface area (Å²) in [5.41, 5.74) is 6.52. The molecule has 0 radical (unpaired) electrons. The van der Waals surface area contributed by atoms with Crippen molar-refractivity contribution in [1.29, 1.82) is 0 Å². The molecule has 0 spiro atoms. The number of methoxy groups -OCH3 is 1. The molecule has 0 fully saturated rings. The number of likely N-dealkylation sites (N-methyl/N-ethyl adjacent to an activating group) is 1. The molecule has 1 atom stereocenters. The van der Waals surface area contributed by atoms with Crippen molar-refractivity contribution in [3.63, 3.8) is 0 Å². The molecule has 23 heavy (non-hydrogen) atoms. The van der Waals surface area contributed by atoms with Crippen LogP contribution < -0.4 is 10.5 Å². The fourth-order valence-electron chi connectivity index (χ4n) is 2.67. The predicted molar refractivity (Wildman–Crippen MR) is 83.4 cm³/mol. The van der Waals surface area contributed by atoms with Gasteiger partial charge in [0.25, 0.3) is 0 Å². The van der Waals surface area contributed by atoms with E-state index in [-0.39, 0.29) is 11.8 Å². The zero-order valence-corrected chi connectivity index (χ0v) is 13.3. The summed E-state index contributed by atoms with van der Waals surface area (Å²) in [6.45, 7) is 2.49. The third-order valence-electron chi connectivity index (χ3n) is 3.84. The lowest BCUT2D eigenvalue weighted by Gasteiger charge is -2.28. The lowest BCUT2D eigenvalue weighted by Crippen LogP contribution is -2.30. The van der Waals surface area contributed by atoms with E-state index in [1.807, 2.05) is 18.9 Å². The molecule has 0 amide bonds. The van der Waals surface area contributed by atoms with E-state index in [2.05, 4.69) is 4.99 Å². The molecular formula is C16H20F3N3O. The summed E-state index contributed by atoms with van der Waals surface area (Å²) in [7, 11) is 3.24. The van der Waals surface area contributed by atoms with E-state index in [1.54, 1.807) is 6.08 Å². The number of nitrogens with zero attached hydrogens (tertiary/aromatic N) is 2. The van der Waals surface area contributed by atoms with Gasteiger partial charge in [-0.1, -0.05) is 13.0 Å². The van der Waals surface area contributed by atoms with Crippen LogP contribution in [0.5, 0.6) is 5.75 Å². The summed E-state index contributed by atoms with van der Waals surface area (Å²) in [4.78, 5) is 6.36. The van der Waals surface area contributed by atoms with E-state index in [0.29, 0.717) is 24.4 Å². The SMILES string of the molecule is CCC1=NC(N)=CCN(C)C1c1ccc(C(F)(F)F)cc1OC. The molecule has 2 N–H and O–H groups in total. The van der Waals surface area contributed by atoms with Crippen molar-refractivity contribution in [1.82, 2.24) is 4.90 Å². The third kappa shape index (κ3) is 3.67. The number of hydrogen-bond acceptors (Lipinski definition) is 4. The Kier molecular flexibility index (Phi) is 4.99. The van der Waals surface area contributed by atoms with Crippen LogP contribution in [0, 0.1) is 0 Å². The second kappa shape index (κ2) is 6.62. The molecule has 4 nitrogen and oxygen atoms in total. The lowest BCUT2D eigenvalue weighted by atomic mass is 9.96. The Labute approximate surface area is 133 Å². The fraction of sp³-hybridized carbons (Fsp3) is 0.438.